The molecule has 182 valence electrons. The predicted octanol–water partition coefficient (Wildman–Crippen LogP) is 2.12. The highest BCUT2D eigenvalue weighted by Gasteiger charge is 2.39. The van der Waals surface area contributed by atoms with Gasteiger partial charge >= 0.3 is 0 Å². The Kier molecular flexibility index (Phi) is 7.82. The SMILES string of the molecule is O=C(NO)[C@@H](Cc1ccccc1O)[C@@H](NC1CCCCC1)C(=O)N[C@H]1c2ccccc2C[C@H]1O. The van der Waals surface area contributed by atoms with Crippen molar-refractivity contribution in [3.8, 4) is 5.75 Å². The Morgan fingerprint density at radius 3 is 2.41 bits per heavy atom. The summed E-state index contributed by atoms with van der Waals surface area (Å²) in [5.74, 6) is -2.08. The van der Waals surface area contributed by atoms with Gasteiger partial charge in [-0.05, 0) is 42.0 Å². The van der Waals surface area contributed by atoms with Crippen molar-refractivity contribution < 1.29 is 25.0 Å². The minimum absolute atomic E-state index is 0.0233. The van der Waals surface area contributed by atoms with E-state index in [0.29, 0.717) is 12.0 Å². The van der Waals surface area contributed by atoms with Gasteiger partial charge in [0.05, 0.1) is 24.1 Å². The minimum Gasteiger partial charge on any atom is -0.508 e. The molecular weight excluding hydrogens is 434 g/mol. The summed E-state index contributed by atoms with van der Waals surface area (Å²) in [5.41, 5.74) is 4.06. The van der Waals surface area contributed by atoms with Crippen molar-refractivity contribution in [3.63, 3.8) is 0 Å². The fourth-order valence-corrected chi connectivity index (χ4v) is 5.25. The van der Waals surface area contributed by atoms with Gasteiger partial charge in [-0.1, -0.05) is 61.7 Å². The van der Waals surface area contributed by atoms with Gasteiger partial charge in [0.15, 0.2) is 0 Å². The van der Waals surface area contributed by atoms with Crippen LogP contribution in [0.3, 0.4) is 0 Å². The Morgan fingerprint density at radius 1 is 0.971 bits per heavy atom. The number of hydrogen-bond donors (Lipinski definition) is 6. The fraction of sp³-hybridized carbons (Fsp3) is 0.462. The molecule has 2 aliphatic rings. The smallest absolute Gasteiger partial charge is 0.248 e. The lowest BCUT2D eigenvalue weighted by atomic mass is 9.87. The number of hydrogen-bond acceptors (Lipinski definition) is 6. The number of amides is 2. The molecule has 2 aromatic rings. The van der Waals surface area contributed by atoms with Gasteiger partial charge in [0.25, 0.3) is 0 Å². The van der Waals surface area contributed by atoms with Crippen molar-refractivity contribution in [2.24, 2.45) is 5.92 Å². The summed E-state index contributed by atoms with van der Waals surface area (Å²) in [7, 11) is 0. The molecule has 6 N–H and O–H groups in total. The number of benzene rings is 2. The summed E-state index contributed by atoms with van der Waals surface area (Å²) < 4.78 is 0. The molecule has 0 saturated heterocycles. The lowest BCUT2D eigenvalue weighted by Gasteiger charge is -2.33. The summed E-state index contributed by atoms with van der Waals surface area (Å²) in [5, 5.41) is 36.7. The normalized spacial score (nSPS) is 21.9. The Morgan fingerprint density at radius 2 is 1.68 bits per heavy atom. The highest BCUT2D eigenvalue weighted by molar-refractivity contribution is 5.90. The first-order valence-electron chi connectivity index (χ1n) is 12.0. The predicted molar refractivity (Wildman–Crippen MR) is 126 cm³/mol. The zero-order valence-electron chi connectivity index (χ0n) is 19.1. The second-order valence-corrected chi connectivity index (χ2v) is 9.35. The lowest BCUT2D eigenvalue weighted by molar-refractivity contribution is -0.139. The van der Waals surface area contributed by atoms with Crippen molar-refractivity contribution in [2.45, 2.75) is 69.2 Å². The average Bonchev–Trinajstić information content (AvgIpc) is 3.17. The van der Waals surface area contributed by atoms with E-state index in [4.69, 9.17) is 0 Å². The highest BCUT2D eigenvalue weighted by atomic mass is 16.5. The molecule has 0 spiro atoms. The number of aromatic hydroxyl groups is 1. The van der Waals surface area contributed by atoms with E-state index in [1.54, 1.807) is 23.7 Å². The number of phenolic OH excluding ortho intramolecular Hbond substituents is 1. The molecule has 2 amide bonds. The maximum atomic E-state index is 13.7. The average molecular weight is 468 g/mol. The molecule has 1 fully saturated rings. The van der Waals surface area contributed by atoms with Gasteiger partial charge < -0.3 is 20.8 Å². The van der Waals surface area contributed by atoms with Gasteiger partial charge in [-0.15, -0.1) is 0 Å². The first kappa shape index (κ1) is 24.2. The van der Waals surface area contributed by atoms with Crippen LogP contribution in [0.4, 0.5) is 0 Å². The standard InChI is InChI=1S/C26H33N3O5/c30-21-13-7-5-9-17(21)14-20(25(32)29-34)24(27-18-10-2-1-3-11-18)26(33)28-23-19-12-6-4-8-16(19)15-22(23)31/h4-9,12-13,18,20,22-24,27,30-31,34H,1-3,10-11,14-15H2,(H,28,33)(H,29,32)/t20-,22+,23-,24+/m0/s1. The number of aliphatic hydroxyl groups excluding tert-OH is 1. The molecule has 1 saturated carbocycles. The van der Waals surface area contributed by atoms with Crippen molar-refractivity contribution >= 4 is 11.8 Å². The third-order valence-corrected chi connectivity index (χ3v) is 7.09. The van der Waals surface area contributed by atoms with Gasteiger partial charge in [-0.25, -0.2) is 5.48 Å². The van der Waals surface area contributed by atoms with Gasteiger partial charge in [-0.3, -0.25) is 14.8 Å². The monoisotopic (exact) mass is 467 g/mol. The van der Waals surface area contributed by atoms with Gasteiger partial charge in [0.1, 0.15) is 5.75 Å². The number of fused-ring (bicyclic) bond motifs is 1. The minimum atomic E-state index is -0.978. The molecule has 2 aromatic carbocycles. The summed E-state index contributed by atoms with van der Waals surface area (Å²) in [4.78, 5) is 26.5. The van der Waals surface area contributed by atoms with E-state index in [9.17, 15) is 25.0 Å². The molecular formula is C26H33N3O5. The highest BCUT2D eigenvalue weighted by Crippen LogP contribution is 2.32. The van der Waals surface area contributed by atoms with E-state index in [1.165, 1.54) is 6.07 Å². The van der Waals surface area contributed by atoms with Gasteiger partial charge in [0, 0.05) is 12.5 Å². The van der Waals surface area contributed by atoms with Crippen LogP contribution in [-0.2, 0) is 22.4 Å². The molecule has 4 rings (SSSR count). The summed E-state index contributed by atoms with van der Waals surface area (Å²) in [6, 6.07) is 12.8. The van der Waals surface area contributed by atoms with Crippen LogP contribution in [0.25, 0.3) is 0 Å². The lowest BCUT2D eigenvalue weighted by Crippen LogP contribution is -2.57. The molecule has 0 aromatic heterocycles. The van der Waals surface area contributed by atoms with Crippen LogP contribution in [0.2, 0.25) is 0 Å². The Bertz CT molecular complexity index is 1010. The number of rotatable bonds is 8. The number of nitrogens with one attached hydrogen (secondary N) is 3. The molecule has 0 radical (unpaired) electrons. The molecule has 34 heavy (non-hydrogen) atoms. The largest absolute Gasteiger partial charge is 0.508 e. The van der Waals surface area contributed by atoms with E-state index in [-0.39, 0.29) is 18.2 Å². The fourth-order valence-electron chi connectivity index (χ4n) is 5.25. The van der Waals surface area contributed by atoms with Crippen molar-refractivity contribution in [1.82, 2.24) is 16.1 Å². The number of phenols is 1. The molecule has 0 aliphatic heterocycles. The van der Waals surface area contributed by atoms with E-state index >= 15 is 0 Å². The topological polar surface area (TPSA) is 131 Å². The van der Waals surface area contributed by atoms with Crippen LogP contribution < -0.4 is 16.1 Å². The van der Waals surface area contributed by atoms with E-state index in [0.717, 1.165) is 43.2 Å². The number of carbonyl (C=O) groups is 2. The van der Waals surface area contributed by atoms with Crippen molar-refractivity contribution in [2.75, 3.05) is 0 Å². The van der Waals surface area contributed by atoms with Crippen molar-refractivity contribution in [1.29, 1.82) is 0 Å². The summed E-state index contributed by atoms with van der Waals surface area (Å²) in [6.45, 7) is 0. The molecule has 8 heteroatoms. The zero-order valence-corrected chi connectivity index (χ0v) is 19.1. The van der Waals surface area contributed by atoms with Crippen LogP contribution in [0.1, 0.15) is 54.8 Å². The molecule has 4 atom stereocenters. The molecule has 0 unspecified atom stereocenters. The quantitative estimate of drug-likeness (QED) is 0.260. The molecule has 8 nitrogen and oxygen atoms in total. The van der Waals surface area contributed by atoms with Gasteiger partial charge in [-0.2, -0.15) is 0 Å². The second-order valence-electron chi connectivity index (χ2n) is 9.35. The third kappa shape index (κ3) is 5.41. The number of para-hydroxylation sites is 1. The van der Waals surface area contributed by atoms with Gasteiger partial charge in [0.2, 0.25) is 11.8 Å². The Hall–Kier alpha value is -2.94. The molecule has 2 aliphatic carbocycles. The Balaban J connectivity index is 1.61. The van der Waals surface area contributed by atoms with Crippen LogP contribution in [0.5, 0.6) is 5.75 Å². The summed E-state index contributed by atoms with van der Waals surface area (Å²) in [6.07, 6.45) is 4.74. The van der Waals surface area contributed by atoms with E-state index in [1.807, 2.05) is 24.3 Å². The Labute approximate surface area is 199 Å². The summed E-state index contributed by atoms with van der Waals surface area (Å²) >= 11 is 0. The second kappa shape index (κ2) is 11.0. The molecule has 0 heterocycles. The van der Waals surface area contributed by atoms with Crippen LogP contribution in [0, 0.1) is 5.92 Å². The van der Waals surface area contributed by atoms with E-state index < -0.39 is 35.9 Å². The van der Waals surface area contributed by atoms with Crippen molar-refractivity contribution in [3.05, 3.63) is 65.2 Å². The van der Waals surface area contributed by atoms with Crippen LogP contribution in [-0.4, -0.2) is 45.4 Å². The van der Waals surface area contributed by atoms with E-state index in [2.05, 4.69) is 10.6 Å². The molecule has 0 bridgehead atoms. The maximum Gasteiger partial charge on any atom is 0.248 e. The van der Waals surface area contributed by atoms with Crippen LogP contribution in [0.15, 0.2) is 48.5 Å². The number of carbonyl (C=O) groups excluding carboxylic acids is 2. The maximum absolute atomic E-state index is 13.7. The first-order valence-corrected chi connectivity index (χ1v) is 12.0. The number of aliphatic hydroxyl groups is 1. The number of hydroxylamine groups is 1. The van der Waals surface area contributed by atoms with Crippen LogP contribution >= 0.6 is 0 Å². The third-order valence-electron chi connectivity index (χ3n) is 7.09. The zero-order chi connectivity index (χ0) is 24.1. The first-order chi connectivity index (χ1) is 16.5.